The molecule has 0 saturated carbocycles. The Balaban J connectivity index is 1.67. The minimum absolute atomic E-state index is 0.0827. The molecular formula is C19H19NO2. The molecule has 1 aliphatic rings. The van der Waals surface area contributed by atoms with Gasteiger partial charge in [-0.1, -0.05) is 54.6 Å². The Morgan fingerprint density at radius 2 is 1.77 bits per heavy atom. The molecular weight excluding hydrogens is 274 g/mol. The van der Waals surface area contributed by atoms with E-state index in [9.17, 15) is 4.79 Å². The Bertz CT molecular complexity index is 692. The largest absolute Gasteiger partial charge is 0.491 e. The Labute approximate surface area is 130 Å². The number of carbonyl (C=O) groups excluding carboxylic acids is 1. The maximum Gasteiger partial charge on any atom is 0.248 e. The number of nitrogens with one attached hydrogen (secondary N) is 1. The van der Waals surface area contributed by atoms with Crippen molar-refractivity contribution in [1.82, 2.24) is 5.32 Å². The van der Waals surface area contributed by atoms with E-state index in [1.807, 2.05) is 36.4 Å². The summed E-state index contributed by atoms with van der Waals surface area (Å²) < 4.78 is 5.90. The van der Waals surface area contributed by atoms with E-state index >= 15 is 0 Å². The highest BCUT2D eigenvalue weighted by molar-refractivity contribution is 5.91. The van der Waals surface area contributed by atoms with Gasteiger partial charge in [0.1, 0.15) is 12.4 Å². The van der Waals surface area contributed by atoms with Crippen LogP contribution in [0.5, 0.6) is 0 Å². The van der Waals surface area contributed by atoms with Gasteiger partial charge < -0.3 is 10.1 Å². The minimum atomic E-state index is -0.0843. The lowest BCUT2D eigenvalue weighted by atomic mass is 10.1. The van der Waals surface area contributed by atoms with E-state index in [4.69, 9.17) is 4.74 Å². The quantitative estimate of drug-likeness (QED) is 0.919. The highest BCUT2D eigenvalue weighted by Crippen LogP contribution is 2.19. The van der Waals surface area contributed by atoms with Crippen LogP contribution in [0.2, 0.25) is 0 Å². The standard InChI is InChI=1S/C19H19NO2/c1-14-7-5-6-10-16(14)13-22-18-12-19(21)20-17(18)11-15-8-3-2-4-9-15/h2-10,12,17H,11,13H2,1H3,(H,20,21)/t17-/m0/s1. The van der Waals surface area contributed by atoms with Gasteiger partial charge in [0.25, 0.3) is 0 Å². The number of hydrogen-bond acceptors (Lipinski definition) is 2. The fraction of sp³-hybridized carbons (Fsp3) is 0.211. The molecule has 1 amide bonds. The molecule has 1 N–H and O–H groups in total. The van der Waals surface area contributed by atoms with Crippen LogP contribution in [-0.2, 0) is 22.6 Å². The van der Waals surface area contributed by atoms with Crippen molar-refractivity contribution in [2.45, 2.75) is 26.0 Å². The van der Waals surface area contributed by atoms with Crippen LogP contribution in [0.1, 0.15) is 16.7 Å². The molecule has 1 atom stereocenters. The molecule has 3 rings (SSSR count). The predicted octanol–water partition coefficient (Wildman–Crippen LogP) is 3.14. The monoisotopic (exact) mass is 293 g/mol. The van der Waals surface area contributed by atoms with Gasteiger partial charge in [0.2, 0.25) is 5.91 Å². The van der Waals surface area contributed by atoms with E-state index in [0.29, 0.717) is 6.61 Å². The van der Waals surface area contributed by atoms with E-state index in [1.54, 1.807) is 6.08 Å². The summed E-state index contributed by atoms with van der Waals surface area (Å²) in [5.41, 5.74) is 3.52. The van der Waals surface area contributed by atoms with Gasteiger partial charge in [-0.2, -0.15) is 0 Å². The highest BCUT2D eigenvalue weighted by atomic mass is 16.5. The molecule has 0 aromatic heterocycles. The van der Waals surface area contributed by atoms with Crippen LogP contribution < -0.4 is 5.32 Å². The van der Waals surface area contributed by atoms with Crippen molar-refractivity contribution in [2.24, 2.45) is 0 Å². The summed E-state index contributed by atoms with van der Waals surface area (Å²) in [7, 11) is 0. The summed E-state index contributed by atoms with van der Waals surface area (Å²) >= 11 is 0. The fourth-order valence-electron chi connectivity index (χ4n) is 2.59. The summed E-state index contributed by atoms with van der Waals surface area (Å²) in [4.78, 5) is 11.7. The molecule has 0 unspecified atom stereocenters. The molecule has 0 radical (unpaired) electrons. The van der Waals surface area contributed by atoms with Crippen molar-refractivity contribution in [3.8, 4) is 0 Å². The fourth-order valence-corrected chi connectivity index (χ4v) is 2.59. The number of ether oxygens (including phenoxy) is 1. The Morgan fingerprint density at radius 3 is 2.55 bits per heavy atom. The average molecular weight is 293 g/mol. The Kier molecular flexibility index (Phi) is 4.24. The number of rotatable bonds is 5. The molecule has 3 nitrogen and oxygen atoms in total. The van der Waals surface area contributed by atoms with E-state index < -0.39 is 0 Å². The third-order valence-electron chi connectivity index (χ3n) is 3.87. The van der Waals surface area contributed by atoms with Crippen molar-refractivity contribution < 1.29 is 9.53 Å². The minimum Gasteiger partial charge on any atom is -0.491 e. The lowest BCUT2D eigenvalue weighted by Gasteiger charge is -2.17. The van der Waals surface area contributed by atoms with Gasteiger partial charge in [0, 0.05) is 6.08 Å². The zero-order valence-electron chi connectivity index (χ0n) is 12.6. The van der Waals surface area contributed by atoms with Crippen molar-refractivity contribution in [3.05, 3.63) is 83.1 Å². The summed E-state index contributed by atoms with van der Waals surface area (Å²) in [6.07, 6.45) is 2.30. The SMILES string of the molecule is Cc1ccccc1COC1=CC(=O)N[C@H]1Cc1ccccc1. The predicted molar refractivity (Wildman–Crippen MR) is 86.1 cm³/mol. The maximum absolute atomic E-state index is 11.7. The lowest BCUT2D eigenvalue weighted by Crippen LogP contribution is -2.31. The molecule has 0 spiro atoms. The smallest absolute Gasteiger partial charge is 0.248 e. The number of hydrogen-bond donors (Lipinski definition) is 1. The molecule has 1 aliphatic heterocycles. The summed E-state index contributed by atoms with van der Waals surface area (Å²) in [5, 5.41) is 2.95. The van der Waals surface area contributed by atoms with Crippen molar-refractivity contribution in [3.63, 3.8) is 0 Å². The van der Waals surface area contributed by atoms with Gasteiger partial charge in [-0.25, -0.2) is 0 Å². The molecule has 0 fully saturated rings. The van der Waals surface area contributed by atoms with Crippen LogP contribution in [0.15, 0.2) is 66.4 Å². The van der Waals surface area contributed by atoms with E-state index in [-0.39, 0.29) is 11.9 Å². The van der Waals surface area contributed by atoms with Gasteiger partial charge in [0.05, 0.1) is 6.04 Å². The number of carbonyl (C=O) groups is 1. The first kappa shape index (κ1) is 14.4. The van der Waals surface area contributed by atoms with Crippen molar-refractivity contribution in [1.29, 1.82) is 0 Å². The first-order valence-corrected chi connectivity index (χ1v) is 7.46. The second-order valence-electron chi connectivity index (χ2n) is 5.51. The number of benzene rings is 2. The van der Waals surface area contributed by atoms with E-state index in [0.717, 1.165) is 17.7 Å². The molecule has 0 saturated heterocycles. The topological polar surface area (TPSA) is 38.3 Å². The first-order chi connectivity index (χ1) is 10.7. The van der Waals surface area contributed by atoms with Gasteiger partial charge in [-0.15, -0.1) is 0 Å². The van der Waals surface area contributed by atoms with Crippen LogP contribution in [0.3, 0.4) is 0 Å². The van der Waals surface area contributed by atoms with Crippen LogP contribution in [0.25, 0.3) is 0 Å². The van der Waals surface area contributed by atoms with Gasteiger partial charge in [-0.3, -0.25) is 4.79 Å². The molecule has 0 aliphatic carbocycles. The molecule has 22 heavy (non-hydrogen) atoms. The molecule has 2 aromatic carbocycles. The Hall–Kier alpha value is -2.55. The van der Waals surface area contributed by atoms with Gasteiger partial charge in [-0.05, 0) is 30.0 Å². The van der Waals surface area contributed by atoms with E-state index in [2.05, 4.69) is 30.4 Å². The van der Waals surface area contributed by atoms with Crippen molar-refractivity contribution in [2.75, 3.05) is 0 Å². The number of aryl methyl sites for hydroxylation is 1. The molecule has 2 aromatic rings. The zero-order chi connectivity index (χ0) is 15.4. The molecule has 3 heteroatoms. The lowest BCUT2D eigenvalue weighted by molar-refractivity contribution is -0.116. The average Bonchev–Trinajstić information content (AvgIpc) is 2.87. The molecule has 112 valence electrons. The summed E-state index contributed by atoms with van der Waals surface area (Å²) in [5.74, 6) is 0.637. The van der Waals surface area contributed by atoms with Crippen LogP contribution >= 0.6 is 0 Å². The summed E-state index contributed by atoms with van der Waals surface area (Å²) in [6, 6.07) is 18.1. The van der Waals surface area contributed by atoms with Gasteiger partial charge >= 0.3 is 0 Å². The van der Waals surface area contributed by atoms with Crippen molar-refractivity contribution >= 4 is 5.91 Å². The second-order valence-corrected chi connectivity index (χ2v) is 5.51. The highest BCUT2D eigenvalue weighted by Gasteiger charge is 2.25. The van der Waals surface area contributed by atoms with Crippen LogP contribution in [-0.4, -0.2) is 11.9 Å². The summed E-state index contributed by atoms with van der Waals surface area (Å²) in [6.45, 7) is 2.55. The third kappa shape index (κ3) is 3.37. The maximum atomic E-state index is 11.7. The van der Waals surface area contributed by atoms with Crippen LogP contribution in [0, 0.1) is 6.92 Å². The normalized spacial score (nSPS) is 17.0. The Morgan fingerprint density at radius 1 is 1.05 bits per heavy atom. The number of amides is 1. The molecule has 1 heterocycles. The third-order valence-corrected chi connectivity index (χ3v) is 3.87. The second kappa shape index (κ2) is 6.48. The zero-order valence-corrected chi connectivity index (χ0v) is 12.6. The van der Waals surface area contributed by atoms with Crippen LogP contribution in [0.4, 0.5) is 0 Å². The van der Waals surface area contributed by atoms with E-state index in [1.165, 1.54) is 11.1 Å². The first-order valence-electron chi connectivity index (χ1n) is 7.46. The molecule has 0 bridgehead atoms. The van der Waals surface area contributed by atoms with Gasteiger partial charge in [0.15, 0.2) is 0 Å².